The molecule has 7 heteroatoms. The molecular weight excluding hydrogens is 294 g/mol. The first-order chi connectivity index (χ1) is 9.93. The van der Waals surface area contributed by atoms with Crippen LogP contribution in [0.1, 0.15) is 29.9 Å². The number of halogens is 1. The van der Waals surface area contributed by atoms with E-state index in [-0.39, 0.29) is 10.8 Å². The van der Waals surface area contributed by atoms with Crippen molar-refractivity contribution in [2.75, 3.05) is 0 Å². The molecule has 0 unspecified atom stereocenters. The second-order valence-electron chi connectivity index (χ2n) is 5.05. The SMILES string of the molecule is CC(C)Cc1nn(-c2ccc([N+](=O)[O-])cc2)c(Cl)c1C=O. The van der Waals surface area contributed by atoms with Crippen LogP contribution in [0.2, 0.25) is 5.15 Å². The molecule has 21 heavy (non-hydrogen) atoms. The first-order valence-corrected chi connectivity index (χ1v) is 6.79. The maximum Gasteiger partial charge on any atom is 0.269 e. The molecule has 0 aliphatic heterocycles. The number of carbonyl (C=O) groups excluding carboxylic acids is 1. The fraction of sp³-hybridized carbons (Fsp3) is 0.286. The lowest BCUT2D eigenvalue weighted by molar-refractivity contribution is -0.384. The Kier molecular flexibility index (Phi) is 4.37. The summed E-state index contributed by atoms with van der Waals surface area (Å²) < 4.78 is 1.42. The molecular formula is C14H14ClN3O3. The molecule has 0 fully saturated rings. The highest BCUT2D eigenvalue weighted by Crippen LogP contribution is 2.25. The maximum absolute atomic E-state index is 11.2. The van der Waals surface area contributed by atoms with Gasteiger partial charge >= 0.3 is 0 Å². The van der Waals surface area contributed by atoms with Crippen LogP contribution in [0.15, 0.2) is 24.3 Å². The molecule has 0 aliphatic carbocycles. The normalized spacial score (nSPS) is 10.9. The van der Waals surface area contributed by atoms with E-state index in [0.29, 0.717) is 35.6 Å². The lowest BCUT2D eigenvalue weighted by Crippen LogP contribution is -2.00. The van der Waals surface area contributed by atoms with Crippen LogP contribution in [-0.2, 0) is 6.42 Å². The number of aromatic nitrogens is 2. The van der Waals surface area contributed by atoms with Crippen LogP contribution in [0.25, 0.3) is 5.69 Å². The van der Waals surface area contributed by atoms with E-state index in [1.165, 1.54) is 16.8 Å². The van der Waals surface area contributed by atoms with Gasteiger partial charge in [0, 0.05) is 12.1 Å². The molecule has 1 heterocycles. The molecule has 6 nitrogen and oxygen atoms in total. The number of nitro benzene ring substituents is 1. The third kappa shape index (κ3) is 3.11. The Bertz CT molecular complexity index is 678. The van der Waals surface area contributed by atoms with Gasteiger partial charge in [-0.2, -0.15) is 5.10 Å². The first-order valence-electron chi connectivity index (χ1n) is 6.41. The van der Waals surface area contributed by atoms with Crippen LogP contribution in [-0.4, -0.2) is 21.0 Å². The number of rotatable bonds is 5. The Balaban J connectivity index is 2.46. The van der Waals surface area contributed by atoms with E-state index in [9.17, 15) is 14.9 Å². The summed E-state index contributed by atoms with van der Waals surface area (Å²) in [6.07, 6.45) is 1.32. The number of nitro groups is 1. The Morgan fingerprint density at radius 3 is 2.48 bits per heavy atom. The van der Waals surface area contributed by atoms with Gasteiger partial charge in [0.05, 0.1) is 21.9 Å². The van der Waals surface area contributed by atoms with Crippen molar-refractivity contribution in [1.82, 2.24) is 9.78 Å². The van der Waals surface area contributed by atoms with E-state index < -0.39 is 4.92 Å². The van der Waals surface area contributed by atoms with Crippen molar-refractivity contribution in [3.8, 4) is 5.69 Å². The molecule has 1 aromatic carbocycles. The molecule has 0 N–H and O–H groups in total. The van der Waals surface area contributed by atoms with Gasteiger partial charge in [-0.1, -0.05) is 25.4 Å². The Morgan fingerprint density at radius 2 is 2.00 bits per heavy atom. The predicted molar refractivity (Wildman–Crippen MR) is 79.2 cm³/mol. The van der Waals surface area contributed by atoms with Crippen molar-refractivity contribution in [2.45, 2.75) is 20.3 Å². The van der Waals surface area contributed by atoms with Crippen LogP contribution < -0.4 is 0 Å². The number of carbonyl (C=O) groups is 1. The molecule has 0 bridgehead atoms. The van der Waals surface area contributed by atoms with Crippen LogP contribution >= 0.6 is 11.6 Å². The van der Waals surface area contributed by atoms with E-state index >= 15 is 0 Å². The summed E-state index contributed by atoms with van der Waals surface area (Å²) in [6.45, 7) is 4.04. The minimum absolute atomic E-state index is 0.0138. The van der Waals surface area contributed by atoms with Gasteiger partial charge in [0.25, 0.3) is 5.69 Å². The van der Waals surface area contributed by atoms with Gasteiger partial charge in [-0.15, -0.1) is 0 Å². The summed E-state index contributed by atoms with van der Waals surface area (Å²) in [4.78, 5) is 21.4. The Morgan fingerprint density at radius 1 is 1.38 bits per heavy atom. The number of benzene rings is 1. The molecule has 0 atom stereocenters. The van der Waals surface area contributed by atoms with E-state index in [2.05, 4.69) is 5.10 Å². The lowest BCUT2D eigenvalue weighted by Gasteiger charge is -2.03. The van der Waals surface area contributed by atoms with Gasteiger partial charge in [-0.25, -0.2) is 4.68 Å². The van der Waals surface area contributed by atoms with Crippen LogP contribution in [0.5, 0.6) is 0 Å². The third-order valence-corrected chi connectivity index (χ3v) is 3.33. The van der Waals surface area contributed by atoms with Crippen molar-refractivity contribution in [2.24, 2.45) is 5.92 Å². The Labute approximate surface area is 126 Å². The minimum Gasteiger partial charge on any atom is -0.298 e. The summed E-state index contributed by atoms with van der Waals surface area (Å²) in [6, 6.07) is 5.83. The largest absolute Gasteiger partial charge is 0.298 e. The van der Waals surface area contributed by atoms with Gasteiger partial charge in [0.1, 0.15) is 5.15 Å². The number of hydrogen-bond donors (Lipinski definition) is 0. The molecule has 2 aromatic rings. The average Bonchev–Trinajstić information content (AvgIpc) is 2.74. The van der Waals surface area contributed by atoms with Crippen molar-refractivity contribution in [3.05, 3.63) is 50.8 Å². The number of hydrogen-bond acceptors (Lipinski definition) is 4. The molecule has 0 saturated heterocycles. The summed E-state index contributed by atoms with van der Waals surface area (Å²) >= 11 is 6.19. The zero-order valence-corrected chi connectivity index (χ0v) is 12.4. The molecule has 0 spiro atoms. The van der Waals surface area contributed by atoms with Crippen LogP contribution in [0.3, 0.4) is 0 Å². The zero-order valence-electron chi connectivity index (χ0n) is 11.6. The lowest BCUT2D eigenvalue weighted by atomic mass is 10.1. The molecule has 1 aromatic heterocycles. The minimum atomic E-state index is -0.477. The average molecular weight is 308 g/mol. The van der Waals surface area contributed by atoms with E-state index in [4.69, 9.17) is 11.6 Å². The zero-order chi connectivity index (χ0) is 15.6. The van der Waals surface area contributed by atoms with Crippen molar-refractivity contribution >= 4 is 23.6 Å². The molecule has 0 saturated carbocycles. The predicted octanol–water partition coefficient (Wildman–Crippen LogP) is 3.44. The second kappa shape index (κ2) is 6.05. The summed E-state index contributed by atoms with van der Waals surface area (Å²) in [5.74, 6) is 0.333. The highest BCUT2D eigenvalue weighted by Gasteiger charge is 2.18. The summed E-state index contributed by atoms with van der Waals surface area (Å²) in [5, 5.41) is 15.2. The van der Waals surface area contributed by atoms with Crippen molar-refractivity contribution in [3.63, 3.8) is 0 Å². The molecule has 110 valence electrons. The van der Waals surface area contributed by atoms with Gasteiger partial charge in [-0.05, 0) is 24.5 Å². The monoisotopic (exact) mass is 307 g/mol. The highest BCUT2D eigenvalue weighted by molar-refractivity contribution is 6.32. The van der Waals surface area contributed by atoms with Crippen molar-refractivity contribution in [1.29, 1.82) is 0 Å². The quantitative estimate of drug-likeness (QED) is 0.481. The topological polar surface area (TPSA) is 78.0 Å². The van der Waals surface area contributed by atoms with E-state index in [1.807, 2.05) is 13.8 Å². The van der Waals surface area contributed by atoms with Gasteiger partial charge in [0.15, 0.2) is 6.29 Å². The molecule has 0 radical (unpaired) electrons. The maximum atomic E-state index is 11.2. The fourth-order valence-corrected chi connectivity index (χ4v) is 2.28. The Hall–Kier alpha value is -2.21. The number of nitrogens with zero attached hydrogens (tertiary/aromatic N) is 3. The molecule has 0 aliphatic rings. The van der Waals surface area contributed by atoms with Crippen molar-refractivity contribution < 1.29 is 9.72 Å². The second-order valence-corrected chi connectivity index (χ2v) is 5.41. The van der Waals surface area contributed by atoms with Gasteiger partial charge < -0.3 is 0 Å². The smallest absolute Gasteiger partial charge is 0.269 e. The van der Waals surface area contributed by atoms with E-state index in [0.717, 1.165) is 0 Å². The molecule has 2 rings (SSSR count). The molecule has 0 amide bonds. The fourth-order valence-electron chi connectivity index (χ4n) is 1.99. The van der Waals surface area contributed by atoms with Gasteiger partial charge in [-0.3, -0.25) is 14.9 Å². The highest BCUT2D eigenvalue weighted by atomic mass is 35.5. The summed E-state index contributed by atoms with van der Waals surface area (Å²) in [7, 11) is 0. The third-order valence-electron chi connectivity index (χ3n) is 2.96. The van der Waals surface area contributed by atoms with Gasteiger partial charge in [0.2, 0.25) is 0 Å². The van der Waals surface area contributed by atoms with Crippen LogP contribution in [0, 0.1) is 16.0 Å². The first kappa shape index (κ1) is 15.2. The van der Waals surface area contributed by atoms with E-state index in [1.54, 1.807) is 12.1 Å². The number of aldehydes is 1. The summed E-state index contributed by atoms with van der Waals surface area (Å²) in [5.41, 5.74) is 1.55. The standard InChI is InChI=1S/C14H14ClN3O3/c1-9(2)7-13-12(8-19)14(15)17(16-13)10-3-5-11(6-4-10)18(20)21/h3-6,8-9H,7H2,1-2H3. The number of non-ortho nitro benzene ring substituents is 1. The van der Waals surface area contributed by atoms with Crippen LogP contribution in [0.4, 0.5) is 5.69 Å².